The minimum absolute atomic E-state index is 0.00271. The molecule has 3 aliphatic rings. The molecular weight excluding hydrogens is 316 g/mol. The number of aliphatic hydroxyl groups excluding tert-OH is 3. The maximum absolute atomic E-state index is 10.0. The zero-order valence-electron chi connectivity index (χ0n) is 13.2. The van der Waals surface area contributed by atoms with Crippen molar-refractivity contribution in [1.82, 2.24) is 0 Å². The first-order valence-corrected chi connectivity index (χ1v) is 7.99. The van der Waals surface area contributed by atoms with E-state index < -0.39 is 24.6 Å². The molecule has 7 nitrogen and oxygen atoms in total. The molecule has 0 radical (unpaired) electrons. The lowest BCUT2D eigenvalue weighted by molar-refractivity contribution is -0.240. The quantitative estimate of drug-likeness (QED) is 0.688. The lowest BCUT2D eigenvalue weighted by atomic mass is 10.0. The molecule has 7 heteroatoms. The van der Waals surface area contributed by atoms with Gasteiger partial charge < -0.3 is 34.3 Å². The first-order valence-electron chi connectivity index (χ1n) is 7.99. The SMILES string of the molecule is CC1=CC2OC2Oc2cc(O[C@@H]3O[C@H](CO)[C@H](O)C[C@H]3O)ccc21. The normalized spacial score (nSPS) is 37.4. The van der Waals surface area contributed by atoms with E-state index in [0.29, 0.717) is 11.5 Å². The number of ether oxygens (including phenoxy) is 4. The largest absolute Gasteiger partial charge is 0.462 e. The smallest absolute Gasteiger partial charge is 0.231 e. The van der Waals surface area contributed by atoms with E-state index in [1.807, 2.05) is 19.1 Å². The third-order valence-corrected chi connectivity index (χ3v) is 4.49. The van der Waals surface area contributed by atoms with Gasteiger partial charge in [-0.3, -0.25) is 0 Å². The van der Waals surface area contributed by atoms with Crippen LogP contribution in [0.4, 0.5) is 0 Å². The number of rotatable bonds is 3. The van der Waals surface area contributed by atoms with Crippen LogP contribution in [-0.4, -0.2) is 58.9 Å². The number of aliphatic hydroxyl groups is 3. The van der Waals surface area contributed by atoms with Gasteiger partial charge in [-0.25, -0.2) is 0 Å². The highest BCUT2D eigenvalue weighted by molar-refractivity contribution is 5.71. The molecule has 2 unspecified atom stereocenters. The van der Waals surface area contributed by atoms with E-state index >= 15 is 0 Å². The van der Waals surface area contributed by atoms with Gasteiger partial charge in [-0.1, -0.05) is 0 Å². The van der Waals surface area contributed by atoms with Crippen LogP contribution in [-0.2, 0) is 9.47 Å². The summed E-state index contributed by atoms with van der Waals surface area (Å²) in [6.45, 7) is 1.65. The molecule has 0 saturated carbocycles. The van der Waals surface area contributed by atoms with Crippen LogP contribution in [0, 0.1) is 0 Å². The highest BCUT2D eigenvalue weighted by atomic mass is 16.8. The van der Waals surface area contributed by atoms with E-state index in [9.17, 15) is 15.3 Å². The van der Waals surface area contributed by atoms with Crippen LogP contribution in [0.1, 0.15) is 18.9 Å². The number of benzene rings is 1. The Morgan fingerprint density at radius 3 is 2.83 bits per heavy atom. The van der Waals surface area contributed by atoms with Gasteiger partial charge in [0, 0.05) is 18.1 Å². The second kappa shape index (κ2) is 6.02. The standard InChI is InChI=1S/C17H20O7/c1-8-4-14-17(23-14)22-13-5-9(2-3-10(8)13)21-16-12(20)6-11(19)15(7-18)24-16/h2-5,11-12,14-20H,6-7H2,1H3/t11-,12-,14?,15-,16-,17?/m1/s1. The number of fused-ring (bicyclic) bond motifs is 2. The van der Waals surface area contributed by atoms with Crippen LogP contribution in [0.5, 0.6) is 11.5 Å². The van der Waals surface area contributed by atoms with E-state index in [0.717, 1.165) is 11.1 Å². The zero-order chi connectivity index (χ0) is 16.8. The molecule has 0 aliphatic carbocycles. The average molecular weight is 336 g/mol. The predicted octanol–water partition coefficient (Wildman–Crippen LogP) is 0.415. The Morgan fingerprint density at radius 1 is 1.21 bits per heavy atom. The number of hydrogen-bond acceptors (Lipinski definition) is 7. The summed E-state index contributed by atoms with van der Waals surface area (Å²) < 4.78 is 22.3. The Morgan fingerprint density at radius 2 is 2.04 bits per heavy atom. The van der Waals surface area contributed by atoms with Crippen LogP contribution in [0.2, 0.25) is 0 Å². The molecule has 3 aliphatic heterocycles. The molecule has 1 aromatic carbocycles. The Labute approximate surface area is 139 Å². The van der Waals surface area contributed by atoms with Gasteiger partial charge in [0.05, 0.1) is 12.7 Å². The summed E-state index contributed by atoms with van der Waals surface area (Å²) in [5.41, 5.74) is 2.03. The van der Waals surface area contributed by atoms with Gasteiger partial charge in [-0.05, 0) is 30.7 Å². The van der Waals surface area contributed by atoms with E-state index in [1.165, 1.54) is 0 Å². The molecule has 3 N–H and O–H groups in total. The third-order valence-electron chi connectivity index (χ3n) is 4.49. The maximum atomic E-state index is 10.0. The summed E-state index contributed by atoms with van der Waals surface area (Å²) >= 11 is 0. The predicted molar refractivity (Wildman–Crippen MR) is 82.4 cm³/mol. The van der Waals surface area contributed by atoms with Gasteiger partial charge in [-0.2, -0.15) is 0 Å². The molecule has 24 heavy (non-hydrogen) atoms. The molecule has 3 heterocycles. The van der Waals surface area contributed by atoms with Crippen molar-refractivity contribution in [2.24, 2.45) is 0 Å². The van der Waals surface area contributed by atoms with Gasteiger partial charge in [0.15, 0.2) is 0 Å². The molecule has 0 spiro atoms. The summed E-state index contributed by atoms with van der Waals surface area (Å²) in [6, 6.07) is 5.38. The molecular formula is C17H20O7. The van der Waals surface area contributed by atoms with Crippen molar-refractivity contribution >= 4 is 5.57 Å². The molecule has 2 fully saturated rings. The molecule has 6 atom stereocenters. The van der Waals surface area contributed by atoms with Crippen LogP contribution in [0.15, 0.2) is 24.3 Å². The Balaban J connectivity index is 1.52. The Bertz CT molecular complexity index is 658. The fourth-order valence-electron chi connectivity index (χ4n) is 3.05. The van der Waals surface area contributed by atoms with Gasteiger partial charge in [0.2, 0.25) is 12.6 Å². The van der Waals surface area contributed by atoms with Crippen molar-refractivity contribution in [3.05, 3.63) is 29.8 Å². The lowest BCUT2D eigenvalue weighted by Gasteiger charge is -2.36. The molecule has 0 bridgehead atoms. The molecule has 4 rings (SSSR count). The second-order valence-electron chi connectivity index (χ2n) is 6.31. The van der Waals surface area contributed by atoms with E-state index in [1.54, 1.807) is 12.1 Å². The summed E-state index contributed by atoms with van der Waals surface area (Å²) in [7, 11) is 0. The highest BCUT2D eigenvalue weighted by Gasteiger charge is 2.42. The first kappa shape index (κ1) is 15.9. The average Bonchev–Trinajstić information content (AvgIpc) is 3.28. The molecule has 2 saturated heterocycles. The van der Waals surface area contributed by atoms with Crippen molar-refractivity contribution in [2.75, 3.05) is 6.61 Å². The minimum Gasteiger partial charge on any atom is -0.462 e. The number of allylic oxidation sites excluding steroid dienone is 1. The van der Waals surface area contributed by atoms with Crippen molar-refractivity contribution in [1.29, 1.82) is 0 Å². The third kappa shape index (κ3) is 2.89. The van der Waals surface area contributed by atoms with Crippen molar-refractivity contribution in [3.63, 3.8) is 0 Å². The van der Waals surface area contributed by atoms with Crippen molar-refractivity contribution < 1.29 is 34.3 Å². The van der Waals surface area contributed by atoms with Crippen LogP contribution >= 0.6 is 0 Å². The van der Waals surface area contributed by atoms with Crippen LogP contribution < -0.4 is 9.47 Å². The monoisotopic (exact) mass is 336 g/mol. The highest BCUT2D eigenvalue weighted by Crippen LogP contribution is 2.40. The van der Waals surface area contributed by atoms with Crippen molar-refractivity contribution in [3.8, 4) is 11.5 Å². The molecule has 130 valence electrons. The number of epoxide rings is 1. The summed E-state index contributed by atoms with van der Waals surface area (Å²) in [4.78, 5) is 0. The fraction of sp³-hybridized carbons (Fsp3) is 0.529. The van der Waals surface area contributed by atoms with Gasteiger partial charge in [0.25, 0.3) is 0 Å². The first-order chi connectivity index (χ1) is 11.5. The molecule has 0 aromatic heterocycles. The number of hydrogen-bond donors (Lipinski definition) is 3. The van der Waals surface area contributed by atoms with E-state index in [2.05, 4.69) is 0 Å². The topological polar surface area (TPSA) is 101 Å². The lowest BCUT2D eigenvalue weighted by Crippen LogP contribution is -2.50. The van der Waals surface area contributed by atoms with E-state index in [4.69, 9.17) is 18.9 Å². The Kier molecular flexibility index (Phi) is 3.98. The zero-order valence-corrected chi connectivity index (χ0v) is 13.2. The summed E-state index contributed by atoms with van der Waals surface area (Å²) in [5, 5.41) is 29.0. The molecule has 1 aromatic rings. The minimum atomic E-state index is -0.986. The molecule has 0 amide bonds. The second-order valence-corrected chi connectivity index (χ2v) is 6.31. The van der Waals surface area contributed by atoms with Gasteiger partial charge in [-0.15, -0.1) is 0 Å². The fourth-order valence-corrected chi connectivity index (χ4v) is 3.05. The van der Waals surface area contributed by atoms with Gasteiger partial charge >= 0.3 is 0 Å². The van der Waals surface area contributed by atoms with E-state index in [-0.39, 0.29) is 25.4 Å². The summed E-state index contributed by atoms with van der Waals surface area (Å²) in [5.74, 6) is 1.12. The maximum Gasteiger partial charge on any atom is 0.231 e. The Hall–Kier alpha value is -1.64. The summed E-state index contributed by atoms with van der Waals surface area (Å²) in [6.07, 6.45) is -1.80. The van der Waals surface area contributed by atoms with Crippen molar-refractivity contribution in [2.45, 2.75) is 50.3 Å². The van der Waals surface area contributed by atoms with Gasteiger partial charge in [0.1, 0.15) is 29.8 Å². The van der Waals surface area contributed by atoms with Crippen LogP contribution in [0.25, 0.3) is 5.57 Å². The van der Waals surface area contributed by atoms with Crippen LogP contribution in [0.3, 0.4) is 0 Å².